The van der Waals surface area contributed by atoms with Gasteiger partial charge in [0.2, 0.25) is 10.0 Å². The SMILES string of the molecule is NS(=O)(=O)c1ccc(C#CCCNC(=O)OCC2c3ccccc3-c3ccccc32)s1. The number of rotatable bonds is 5. The first-order valence-corrected chi connectivity index (χ1v) is 12.0. The summed E-state index contributed by atoms with van der Waals surface area (Å²) < 4.78 is 28.1. The van der Waals surface area contributed by atoms with Crippen molar-refractivity contribution in [1.29, 1.82) is 0 Å². The lowest BCUT2D eigenvalue weighted by Crippen LogP contribution is -2.26. The number of carbonyl (C=O) groups is 1. The van der Waals surface area contributed by atoms with Crippen LogP contribution >= 0.6 is 11.3 Å². The van der Waals surface area contributed by atoms with Crippen LogP contribution in [0.3, 0.4) is 0 Å². The van der Waals surface area contributed by atoms with Crippen molar-refractivity contribution in [2.75, 3.05) is 13.2 Å². The predicted octanol–water partition coefficient (Wildman–Crippen LogP) is 3.68. The monoisotopic (exact) mass is 452 g/mol. The molecule has 1 heterocycles. The second kappa shape index (κ2) is 8.94. The Labute approximate surface area is 185 Å². The molecular weight excluding hydrogens is 432 g/mol. The van der Waals surface area contributed by atoms with Gasteiger partial charge in [-0.2, -0.15) is 0 Å². The fourth-order valence-corrected chi connectivity index (χ4v) is 5.17. The van der Waals surface area contributed by atoms with Gasteiger partial charge in [0.15, 0.2) is 0 Å². The van der Waals surface area contributed by atoms with E-state index in [9.17, 15) is 13.2 Å². The van der Waals surface area contributed by atoms with Crippen molar-refractivity contribution in [3.63, 3.8) is 0 Å². The second-order valence-electron chi connectivity index (χ2n) is 6.97. The minimum absolute atomic E-state index is 0.0183. The molecule has 31 heavy (non-hydrogen) atoms. The lowest BCUT2D eigenvalue weighted by Gasteiger charge is -2.14. The van der Waals surface area contributed by atoms with Crippen LogP contribution in [0.25, 0.3) is 11.1 Å². The summed E-state index contributed by atoms with van der Waals surface area (Å²) in [5, 5.41) is 7.77. The lowest BCUT2D eigenvalue weighted by atomic mass is 9.98. The molecule has 0 atom stereocenters. The highest BCUT2D eigenvalue weighted by atomic mass is 32.2. The van der Waals surface area contributed by atoms with Crippen molar-refractivity contribution < 1.29 is 17.9 Å². The van der Waals surface area contributed by atoms with Crippen LogP contribution in [0.1, 0.15) is 28.3 Å². The van der Waals surface area contributed by atoms with Crippen molar-refractivity contribution in [1.82, 2.24) is 5.32 Å². The molecule has 8 heteroatoms. The molecule has 1 aliphatic carbocycles. The number of alkyl carbamates (subject to hydrolysis) is 1. The van der Waals surface area contributed by atoms with Crippen LogP contribution in [0.5, 0.6) is 0 Å². The quantitative estimate of drug-likeness (QED) is 0.456. The first-order valence-electron chi connectivity index (χ1n) is 9.64. The zero-order chi connectivity index (χ0) is 21.8. The highest BCUT2D eigenvalue weighted by Crippen LogP contribution is 2.44. The third-order valence-electron chi connectivity index (χ3n) is 4.94. The number of hydrogen-bond acceptors (Lipinski definition) is 5. The molecule has 1 aliphatic rings. The molecule has 0 bridgehead atoms. The van der Waals surface area contributed by atoms with Crippen molar-refractivity contribution in [3.05, 3.63) is 76.7 Å². The summed E-state index contributed by atoms with van der Waals surface area (Å²) in [6.45, 7) is 0.591. The Morgan fingerprint density at radius 1 is 1.03 bits per heavy atom. The maximum Gasteiger partial charge on any atom is 0.407 e. The highest BCUT2D eigenvalue weighted by molar-refractivity contribution is 7.91. The predicted molar refractivity (Wildman–Crippen MR) is 120 cm³/mol. The van der Waals surface area contributed by atoms with E-state index in [-0.39, 0.29) is 16.7 Å². The molecule has 0 saturated heterocycles. The van der Waals surface area contributed by atoms with Crippen molar-refractivity contribution in [3.8, 4) is 23.0 Å². The van der Waals surface area contributed by atoms with Crippen molar-refractivity contribution >= 4 is 27.5 Å². The number of nitrogens with two attached hydrogens (primary N) is 1. The molecule has 3 N–H and O–H groups in total. The number of fused-ring (bicyclic) bond motifs is 3. The third kappa shape index (κ3) is 4.80. The lowest BCUT2D eigenvalue weighted by molar-refractivity contribution is 0.143. The molecule has 6 nitrogen and oxygen atoms in total. The van der Waals surface area contributed by atoms with Crippen LogP contribution < -0.4 is 10.5 Å². The number of thiophene rings is 1. The summed E-state index contributed by atoms with van der Waals surface area (Å²) in [5.74, 6) is 5.78. The largest absolute Gasteiger partial charge is 0.449 e. The van der Waals surface area contributed by atoms with E-state index in [1.807, 2.05) is 24.3 Å². The van der Waals surface area contributed by atoms with Gasteiger partial charge in [0.05, 0.1) is 4.88 Å². The number of benzene rings is 2. The van der Waals surface area contributed by atoms with Crippen LogP contribution in [0.15, 0.2) is 64.9 Å². The minimum atomic E-state index is -3.70. The summed E-state index contributed by atoms with van der Waals surface area (Å²) in [6, 6.07) is 19.4. The van der Waals surface area contributed by atoms with Gasteiger partial charge in [-0.05, 0) is 34.4 Å². The average molecular weight is 453 g/mol. The maximum absolute atomic E-state index is 12.1. The van der Waals surface area contributed by atoms with E-state index in [0.29, 0.717) is 17.8 Å². The number of primary sulfonamides is 1. The molecule has 0 saturated carbocycles. The first-order chi connectivity index (χ1) is 14.9. The van der Waals surface area contributed by atoms with Crippen molar-refractivity contribution in [2.24, 2.45) is 5.14 Å². The highest BCUT2D eigenvalue weighted by Gasteiger charge is 2.28. The number of ether oxygens (including phenoxy) is 1. The Balaban J connectivity index is 1.28. The average Bonchev–Trinajstić information content (AvgIpc) is 3.35. The molecule has 2 aromatic carbocycles. The van der Waals surface area contributed by atoms with Crippen molar-refractivity contribution in [2.45, 2.75) is 16.5 Å². The van der Waals surface area contributed by atoms with Crippen LogP contribution in [-0.2, 0) is 14.8 Å². The molecule has 4 rings (SSSR count). The molecule has 0 radical (unpaired) electrons. The Kier molecular flexibility index (Phi) is 6.09. The fraction of sp³-hybridized carbons (Fsp3) is 0.174. The topological polar surface area (TPSA) is 98.5 Å². The Hall–Kier alpha value is -3.12. The van der Waals surface area contributed by atoms with Gasteiger partial charge in [0, 0.05) is 18.9 Å². The molecule has 0 spiro atoms. The van der Waals surface area contributed by atoms with Crippen LogP contribution in [0.2, 0.25) is 0 Å². The zero-order valence-electron chi connectivity index (χ0n) is 16.5. The fourth-order valence-electron chi connectivity index (χ4n) is 3.57. The van der Waals surface area contributed by atoms with E-state index in [1.54, 1.807) is 6.07 Å². The summed E-state index contributed by atoms with van der Waals surface area (Å²) in [6.07, 6.45) is -0.0800. The van der Waals surface area contributed by atoms with Gasteiger partial charge in [0.1, 0.15) is 10.8 Å². The third-order valence-corrected chi connectivity index (χ3v) is 7.38. The molecule has 1 amide bonds. The number of carbonyl (C=O) groups excluding carboxylic acids is 1. The Morgan fingerprint density at radius 3 is 2.29 bits per heavy atom. The van der Waals surface area contributed by atoms with E-state index in [1.165, 1.54) is 17.2 Å². The van der Waals surface area contributed by atoms with E-state index in [0.717, 1.165) is 22.5 Å². The number of hydrogen-bond donors (Lipinski definition) is 2. The molecule has 3 aromatic rings. The van der Waals surface area contributed by atoms with E-state index in [2.05, 4.69) is 41.4 Å². The second-order valence-corrected chi connectivity index (χ2v) is 9.84. The molecule has 0 fully saturated rings. The van der Waals surface area contributed by atoms with Gasteiger partial charge < -0.3 is 10.1 Å². The van der Waals surface area contributed by atoms with E-state index < -0.39 is 16.1 Å². The molecule has 158 valence electrons. The Bertz CT molecular complexity index is 1240. The zero-order valence-corrected chi connectivity index (χ0v) is 18.1. The summed E-state index contributed by atoms with van der Waals surface area (Å²) in [5.41, 5.74) is 4.69. The van der Waals surface area contributed by atoms with Gasteiger partial charge in [-0.25, -0.2) is 18.4 Å². The summed E-state index contributed by atoms with van der Waals surface area (Å²) in [4.78, 5) is 12.7. The maximum atomic E-state index is 12.1. The van der Waals surface area contributed by atoms with Gasteiger partial charge in [-0.15, -0.1) is 11.3 Å². The van der Waals surface area contributed by atoms with E-state index in [4.69, 9.17) is 9.88 Å². The van der Waals surface area contributed by atoms with Crippen LogP contribution in [-0.4, -0.2) is 27.7 Å². The molecule has 0 unspecified atom stereocenters. The number of amides is 1. The minimum Gasteiger partial charge on any atom is -0.449 e. The Morgan fingerprint density at radius 2 is 1.68 bits per heavy atom. The summed E-state index contributed by atoms with van der Waals surface area (Å²) in [7, 11) is -3.70. The number of nitrogens with one attached hydrogen (secondary N) is 1. The van der Waals surface area contributed by atoms with E-state index >= 15 is 0 Å². The van der Waals surface area contributed by atoms with Gasteiger partial charge in [0.25, 0.3) is 0 Å². The standard InChI is InChI=1S/C23H20N2O4S2/c24-31(27,28)22-13-12-16(30-22)7-5-6-14-25-23(26)29-15-21-19-10-3-1-8-17(19)18-9-2-4-11-20(18)21/h1-4,8-13,21H,6,14-15H2,(H,25,26)(H2,24,27,28). The van der Waals surface area contributed by atoms with Crippen LogP contribution in [0, 0.1) is 11.8 Å². The van der Waals surface area contributed by atoms with Crippen LogP contribution in [0.4, 0.5) is 4.79 Å². The van der Waals surface area contributed by atoms with Gasteiger partial charge in [-0.3, -0.25) is 0 Å². The smallest absolute Gasteiger partial charge is 0.407 e. The number of sulfonamides is 1. The molecule has 0 aliphatic heterocycles. The van der Waals surface area contributed by atoms with Gasteiger partial charge >= 0.3 is 6.09 Å². The molecular formula is C23H20N2O4S2. The normalized spacial score (nSPS) is 12.4. The first kappa shape index (κ1) is 21.1. The summed E-state index contributed by atoms with van der Waals surface area (Å²) >= 11 is 1.02. The van der Waals surface area contributed by atoms with Gasteiger partial charge in [-0.1, -0.05) is 60.4 Å². The molecule has 1 aromatic heterocycles.